The maximum atomic E-state index is 12.9. The summed E-state index contributed by atoms with van der Waals surface area (Å²) in [7, 11) is -3.53. The van der Waals surface area contributed by atoms with Crippen LogP contribution in [-0.2, 0) is 16.6 Å². The minimum atomic E-state index is -3.53. The van der Waals surface area contributed by atoms with Crippen molar-refractivity contribution in [3.05, 3.63) is 54.4 Å². The molecule has 130 valence electrons. The maximum Gasteiger partial charge on any atom is 0.267 e. The van der Waals surface area contributed by atoms with Crippen LogP contribution < -0.4 is 5.73 Å². The lowest BCUT2D eigenvalue weighted by atomic mass is 9.95. The summed E-state index contributed by atoms with van der Waals surface area (Å²) < 4.78 is 27.1. The Labute approximate surface area is 144 Å². The smallest absolute Gasteiger partial charge is 0.267 e. The third-order valence-electron chi connectivity index (χ3n) is 4.66. The molecule has 2 heterocycles. The number of benzene rings is 1. The van der Waals surface area contributed by atoms with Gasteiger partial charge in [0.05, 0.1) is 4.90 Å². The highest BCUT2D eigenvalue weighted by atomic mass is 32.2. The summed E-state index contributed by atoms with van der Waals surface area (Å²) in [5.74, 6) is 0.623. The SMILES string of the molecule is NCC[C@@H]1CCCN(Cc2cccn2S(=O)(=O)c2ccccc2)C1. The van der Waals surface area contributed by atoms with Gasteiger partial charge in [0.1, 0.15) is 0 Å². The standard InChI is InChI=1S/C18H25N3O2S/c19-11-10-16-6-4-12-20(14-16)15-17-7-5-13-21(17)24(22,23)18-8-2-1-3-9-18/h1-3,5,7-9,13,16H,4,6,10-12,14-15,19H2/t16-/m0/s1. The molecule has 0 radical (unpaired) electrons. The van der Waals surface area contributed by atoms with E-state index in [1.807, 2.05) is 12.1 Å². The molecule has 1 fully saturated rings. The van der Waals surface area contributed by atoms with E-state index in [1.165, 1.54) is 10.4 Å². The molecule has 0 aliphatic carbocycles. The molecule has 24 heavy (non-hydrogen) atoms. The van der Waals surface area contributed by atoms with Crippen LogP contribution in [0, 0.1) is 5.92 Å². The average molecular weight is 347 g/mol. The molecular weight excluding hydrogens is 322 g/mol. The Kier molecular flexibility index (Phi) is 5.38. The molecule has 1 aliphatic heterocycles. The predicted octanol–water partition coefficient (Wildman–Crippen LogP) is 2.29. The molecule has 3 rings (SSSR count). The molecule has 0 amide bonds. The average Bonchev–Trinajstić information content (AvgIpc) is 3.05. The second-order valence-electron chi connectivity index (χ2n) is 6.43. The van der Waals surface area contributed by atoms with Crippen LogP contribution in [0.4, 0.5) is 0 Å². The van der Waals surface area contributed by atoms with E-state index in [9.17, 15) is 8.42 Å². The molecule has 1 aromatic carbocycles. The van der Waals surface area contributed by atoms with E-state index < -0.39 is 10.0 Å². The second kappa shape index (κ2) is 7.51. The molecule has 2 N–H and O–H groups in total. The van der Waals surface area contributed by atoms with E-state index in [-0.39, 0.29) is 0 Å². The molecule has 0 unspecified atom stereocenters. The lowest BCUT2D eigenvalue weighted by molar-refractivity contribution is 0.161. The number of hydrogen-bond acceptors (Lipinski definition) is 4. The minimum absolute atomic E-state index is 0.321. The molecule has 0 bridgehead atoms. The Balaban J connectivity index is 1.79. The van der Waals surface area contributed by atoms with Crippen molar-refractivity contribution in [3.8, 4) is 0 Å². The fourth-order valence-corrected chi connectivity index (χ4v) is 4.85. The van der Waals surface area contributed by atoms with Crippen LogP contribution in [0.25, 0.3) is 0 Å². The first-order chi connectivity index (χ1) is 11.6. The zero-order valence-corrected chi connectivity index (χ0v) is 14.7. The number of nitrogens with zero attached hydrogens (tertiary/aromatic N) is 2. The van der Waals surface area contributed by atoms with E-state index in [4.69, 9.17) is 5.73 Å². The number of nitrogens with two attached hydrogens (primary N) is 1. The van der Waals surface area contributed by atoms with Crippen LogP contribution in [-0.4, -0.2) is 36.9 Å². The van der Waals surface area contributed by atoms with Crippen LogP contribution in [0.15, 0.2) is 53.6 Å². The third kappa shape index (κ3) is 3.71. The highest BCUT2D eigenvalue weighted by Gasteiger charge is 2.23. The van der Waals surface area contributed by atoms with Crippen molar-refractivity contribution in [1.82, 2.24) is 8.87 Å². The summed E-state index contributed by atoms with van der Waals surface area (Å²) in [5, 5.41) is 0. The van der Waals surface area contributed by atoms with E-state index in [2.05, 4.69) is 4.90 Å². The lowest BCUT2D eigenvalue weighted by Crippen LogP contribution is -2.36. The first-order valence-corrected chi connectivity index (χ1v) is 9.94. The van der Waals surface area contributed by atoms with Gasteiger partial charge in [-0.2, -0.15) is 0 Å². The maximum absolute atomic E-state index is 12.9. The van der Waals surface area contributed by atoms with E-state index in [0.717, 1.165) is 38.2 Å². The van der Waals surface area contributed by atoms with Gasteiger partial charge in [-0.05, 0) is 62.5 Å². The Morgan fingerprint density at radius 1 is 1.12 bits per heavy atom. The molecule has 1 atom stereocenters. The van der Waals surface area contributed by atoms with Gasteiger partial charge in [0.2, 0.25) is 0 Å². The van der Waals surface area contributed by atoms with E-state index in [1.54, 1.807) is 36.5 Å². The van der Waals surface area contributed by atoms with Crippen LogP contribution in [0.3, 0.4) is 0 Å². The first-order valence-electron chi connectivity index (χ1n) is 8.50. The Morgan fingerprint density at radius 2 is 1.92 bits per heavy atom. The van der Waals surface area contributed by atoms with Crippen LogP contribution in [0.2, 0.25) is 0 Å². The van der Waals surface area contributed by atoms with Gasteiger partial charge in [-0.3, -0.25) is 4.90 Å². The normalized spacial score (nSPS) is 19.5. The van der Waals surface area contributed by atoms with Crippen molar-refractivity contribution in [2.75, 3.05) is 19.6 Å². The van der Waals surface area contributed by atoms with Crippen LogP contribution in [0.1, 0.15) is 25.0 Å². The lowest BCUT2D eigenvalue weighted by Gasteiger charge is -2.32. The Morgan fingerprint density at radius 3 is 2.67 bits per heavy atom. The summed E-state index contributed by atoms with van der Waals surface area (Å²) in [6, 6.07) is 12.3. The quantitative estimate of drug-likeness (QED) is 0.870. The monoisotopic (exact) mass is 347 g/mol. The summed E-state index contributed by atoms with van der Waals surface area (Å²) in [6.45, 7) is 3.38. The summed E-state index contributed by atoms with van der Waals surface area (Å²) >= 11 is 0. The van der Waals surface area contributed by atoms with Gasteiger partial charge in [-0.15, -0.1) is 0 Å². The second-order valence-corrected chi connectivity index (χ2v) is 8.25. The molecular formula is C18H25N3O2S. The minimum Gasteiger partial charge on any atom is -0.330 e. The van der Waals surface area contributed by atoms with Crippen LogP contribution >= 0.6 is 0 Å². The number of likely N-dealkylation sites (tertiary alicyclic amines) is 1. The molecule has 6 heteroatoms. The van der Waals surface area contributed by atoms with Gasteiger partial charge in [0.15, 0.2) is 0 Å². The fourth-order valence-electron chi connectivity index (χ4n) is 3.46. The number of rotatable bonds is 6. The van der Waals surface area contributed by atoms with Gasteiger partial charge in [0, 0.05) is 25.0 Å². The first kappa shape index (κ1) is 17.2. The Bertz CT molecular complexity index is 754. The number of hydrogen-bond donors (Lipinski definition) is 1. The zero-order chi connectivity index (χ0) is 17.0. The fraction of sp³-hybridized carbons (Fsp3) is 0.444. The molecule has 0 saturated carbocycles. The molecule has 0 spiro atoms. The van der Waals surface area contributed by atoms with Gasteiger partial charge in [-0.1, -0.05) is 18.2 Å². The zero-order valence-electron chi connectivity index (χ0n) is 13.8. The van der Waals surface area contributed by atoms with Gasteiger partial charge in [0.25, 0.3) is 10.0 Å². The number of piperidine rings is 1. The molecule has 5 nitrogen and oxygen atoms in total. The van der Waals surface area contributed by atoms with Crippen LogP contribution in [0.5, 0.6) is 0 Å². The van der Waals surface area contributed by atoms with Crippen molar-refractivity contribution >= 4 is 10.0 Å². The summed E-state index contributed by atoms with van der Waals surface area (Å²) in [6.07, 6.45) is 5.05. The summed E-state index contributed by atoms with van der Waals surface area (Å²) in [4.78, 5) is 2.66. The van der Waals surface area contributed by atoms with Crippen molar-refractivity contribution in [1.29, 1.82) is 0 Å². The van der Waals surface area contributed by atoms with Crippen molar-refractivity contribution in [2.24, 2.45) is 11.7 Å². The van der Waals surface area contributed by atoms with Gasteiger partial charge >= 0.3 is 0 Å². The van der Waals surface area contributed by atoms with Crippen molar-refractivity contribution < 1.29 is 8.42 Å². The largest absolute Gasteiger partial charge is 0.330 e. The van der Waals surface area contributed by atoms with E-state index in [0.29, 0.717) is 17.4 Å². The summed E-state index contributed by atoms with van der Waals surface area (Å²) in [5.41, 5.74) is 6.50. The topological polar surface area (TPSA) is 68.3 Å². The number of aromatic nitrogens is 1. The van der Waals surface area contributed by atoms with E-state index >= 15 is 0 Å². The van der Waals surface area contributed by atoms with Gasteiger partial charge in [-0.25, -0.2) is 12.4 Å². The third-order valence-corrected chi connectivity index (χ3v) is 6.40. The Hall–Kier alpha value is -1.63. The molecule has 1 aliphatic rings. The van der Waals surface area contributed by atoms with Crippen molar-refractivity contribution in [2.45, 2.75) is 30.7 Å². The molecule has 2 aromatic rings. The van der Waals surface area contributed by atoms with Gasteiger partial charge < -0.3 is 5.73 Å². The molecule has 1 aromatic heterocycles. The molecule has 1 saturated heterocycles. The highest BCUT2D eigenvalue weighted by molar-refractivity contribution is 7.90. The predicted molar refractivity (Wildman–Crippen MR) is 95.1 cm³/mol. The highest BCUT2D eigenvalue weighted by Crippen LogP contribution is 2.22. The van der Waals surface area contributed by atoms with Crippen molar-refractivity contribution in [3.63, 3.8) is 0 Å².